The van der Waals surface area contributed by atoms with Gasteiger partial charge in [0.25, 0.3) is 0 Å². The summed E-state index contributed by atoms with van der Waals surface area (Å²) in [5.74, 6) is 1.62. The van der Waals surface area contributed by atoms with Gasteiger partial charge in [0.2, 0.25) is 0 Å². The maximum absolute atomic E-state index is 5.06. The molecular formula is C13H22N6O. The van der Waals surface area contributed by atoms with E-state index in [1.54, 1.807) is 18.0 Å². The van der Waals surface area contributed by atoms with Gasteiger partial charge in [-0.05, 0) is 13.5 Å². The van der Waals surface area contributed by atoms with Crippen LogP contribution < -0.4 is 5.32 Å². The van der Waals surface area contributed by atoms with Gasteiger partial charge in [0, 0.05) is 34.4 Å². The zero-order chi connectivity index (χ0) is 14.5. The topological polar surface area (TPSA) is 68.1 Å². The number of fused-ring (bicyclic) bond motifs is 1. The number of nitrogens with zero attached hydrogens (tertiary/aromatic N) is 5. The lowest BCUT2D eigenvalue weighted by molar-refractivity contribution is 0.177. The van der Waals surface area contributed by atoms with Gasteiger partial charge in [0.05, 0.1) is 18.1 Å². The van der Waals surface area contributed by atoms with Gasteiger partial charge in [-0.3, -0.25) is 9.58 Å². The van der Waals surface area contributed by atoms with Gasteiger partial charge < -0.3 is 10.1 Å². The van der Waals surface area contributed by atoms with E-state index in [0.29, 0.717) is 6.54 Å². The van der Waals surface area contributed by atoms with Crippen molar-refractivity contribution >= 4 is 16.9 Å². The quantitative estimate of drug-likeness (QED) is 0.758. The van der Waals surface area contributed by atoms with Crippen molar-refractivity contribution in [2.75, 3.05) is 39.7 Å². The number of hydrogen-bond donors (Lipinski definition) is 1. The molecule has 0 aliphatic carbocycles. The Bertz CT molecular complexity index is 567. The van der Waals surface area contributed by atoms with E-state index >= 15 is 0 Å². The molecule has 7 heteroatoms. The summed E-state index contributed by atoms with van der Waals surface area (Å²) in [6.07, 6.45) is 2.78. The second-order valence-corrected chi connectivity index (χ2v) is 4.83. The molecular weight excluding hydrogens is 256 g/mol. The van der Waals surface area contributed by atoms with Crippen molar-refractivity contribution in [3.05, 3.63) is 12.0 Å². The Morgan fingerprint density at radius 2 is 2.20 bits per heavy atom. The minimum absolute atomic E-state index is 0.708. The van der Waals surface area contributed by atoms with Gasteiger partial charge >= 0.3 is 0 Å². The number of rotatable bonds is 7. The van der Waals surface area contributed by atoms with Crippen LogP contribution in [0.5, 0.6) is 0 Å². The number of aromatic nitrogens is 4. The maximum Gasteiger partial charge on any atom is 0.163 e. The van der Waals surface area contributed by atoms with Gasteiger partial charge in [-0.1, -0.05) is 0 Å². The van der Waals surface area contributed by atoms with Crippen LogP contribution in [-0.2, 0) is 18.3 Å². The van der Waals surface area contributed by atoms with Gasteiger partial charge in [-0.2, -0.15) is 5.10 Å². The van der Waals surface area contributed by atoms with Crippen LogP contribution in [-0.4, -0.2) is 59.0 Å². The fourth-order valence-electron chi connectivity index (χ4n) is 2.13. The van der Waals surface area contributed by atoms with Crippen molar-refractivity contribution in [3.8, 4) is 0 Å². The molecule has 0 atom stereocenters. The minimum atomic E-state index is 0.708. The third-order valence-electron chi connectivity index (χ3n) is 3.17. The number of ether oxygens (including phenoxy) is 1. The van der Waals surface area contributed by atoms with Crippen LogP contribution in [0.15, 0.2) is 6.20 Å². The Hall–Kier alpha value is -1.73. The molecule has 2 aromatic heterocycles. The largest absolute Gasteiger partial charge is 0.385 e. The molecule has 0 aliphatic heterocycles. The number of aryl methyl sites for hydroxylation is 1. The van der Waals surface area contributed by atoms with Gasteiger partial charge in [-0.15, -0.1) is 0 Å². The smallest absolute Gasteiger partial charge is 0.163 e. The fraction of sp³-hybridized carbons (Fsp3) is 0.615. The molecule has 0 aliphatic rings. The molecule has 0 unspecified atom stereocenters. The molecule has 2 aromatic rings. The van der Waals surface area contributed by atoms with E-state index in [4.69, 9.17) is 4.74 Å². The highest BCUT2D eigenvalue weighted by molar-refractivity contribution is 5.86. The number of hydrogen-bond acceptors (Lipinski definition) is 6. The van der Waals surface area contributed by atoms with Crippen molar-refractivity contribution in [2.24, 2.45) is 7.05 Å². The number of anilines is 1. The van der Waals surface area contributed by atoms with E-state index in [-0.39, 0.29) is 0 Å². The Morgan fingerprint density at radius 1 is 1.40 bits per heavy atom. The van der Waals surface area contributed by atoms with E-state index < -0.39 is 0 Å². The Kier molecular flexibility index (Phi) is 4.86. The van der Waals surface area contributed by atoms with Crippen molar-refractivity contribution < 1.29 is 4.74 Å². The minimum Gasteiger partial charge on any atom is -0.385 e. The van der Waals surface area contributed by atoms with Crippen LogP contribution in [0.25, 0.3) is 11.0 Å². The first-order valence-corrected chi connectivity index (χ1v) is 6.69. The summed E-state index contributed by atoms with van der Waals surface area (Å²) >= 11 is 0. The van der Waals surface area contributed by atoms with Gasteiger partial charge in [0.1, 0.15) is 11.6 Å². The lowest BCUT2D eigenvalue weighted by atomic mass is 10.3. The highest BCUT2D eigenvalue weighted by atomic mass is 16.5. The Balaban J connectivity index is 2.15. The molecule has 20 heavy (non-hydrogen) atoms. The van der Waals surface area contributed by atoms with E-state index in [1.165, 1.54) is 0 Å². The second-order valence-electron chi connectivity index (χ2n) is 4.83. The third-order valence-corrected chi connectivity index (χ3v) is 3.17. The summed E-state index contributed by atoms with van der Waals surface area (Å²) in [5, 5.41) is 8.28. The summed E-state index contributed by atoms with van der Waals surface area (Å²) in [6, 6.07) is 0. The van der Waals surface area contributed by atoms with E-state index in [0.717, 1.165) is 42.2 Å². The fourth-order valence-corrected chi connectivity index (χ4v) is 2.13. The molecule has 2 rings (SSSR count). The standard InChI is InChI=1S/C13H22N6O/c1-14-12-10-8-15-19(3)13(10)17-11(16-12)9-18(2)6-5-7-20-4/h8H,5-7,9H2,1-4H3,(H,14,16,17). The average molecular weight is 278 g/mol. The highest BCUT2D eigenvalue weighted by Gasteiger charge is 2.11. The van der Waals surface area contributed by atoms with Gasteiger partial charge in [-0.25, -0.2) is 9.97 Å². The van der Waals surface area contributed by atoms with Crippen LogP contribution in [0.2, 0.25) is 0 Å². The third kappa shape index (κ3) is 3.23. The molecule has 0 saturated carbocycles. The van der Waals surface area contributed by atoms with Crippen LogP contribution in [0.4, 0.5) is 5.82 Å². The summed E-state index contributed by atoms with van der Waals surface area (Å²) < 4.78 is 6.83. The zero-order valence-electron chi connectivity index (χ0n) is 12.6. The zero-order valence-corrected chi connectivity index (χ0v) is 12.6. The molecule has 2 heterocycles. The molecule has 7 nitrogen and oxygen atoms in total. The average Bonchev–Trinajstić information content (AvgIpc) is 2.80. The molecule has 110 valence electrons. The van der Waals surface area contributed by atoms with E-state index in [9.17, 15) is 0 Å². The van der Waals surface area contributed by atoms with Crippen LogP contribution in [0.3, 0.4) is 0 Å². The molecule has 0 radical (unpaired) electrons. The predicted octanol–water partition coefficient (Wildman–Crippen LogP) is 0.873. The maximum atomic E-state index is 5.06. The molecule has 0 bridgehead atoms. The first-order valence-electron chi connectivity index (χ1n) is 6.69. The number of nitrogens with one attached hydrogen (secondary N) is 1. The summed E-state index contributed by atoms with van der Waals surface area (Å²) in [5.41, 5.74) is 0.852. The summed E-state index contributed by atoms with van der Waals surface area (Å²) in [4.78, 5) is 11.3. The van der Waals surface area contributed by atoms with E-state index in [1.807, 2.05) is 14.1 Å². The second kappa shape index (κ2) is 6.62. The molecule has 0 amide bonds. The Labute approximate surface area is 119 Å². The van der Waals surface area contributed by atoms with Crippen molar-refractivity contribution in [1.29, 1.82) is 0 Å². The lowest BCUT2D eigenvalue weighted by Crippen LogP contribution is -2.22. The summed E-state index contributed by atoms with van der Waals surface area (Å²) in [6.45, 7) is 2.43. The Morgan fingerprint density at radius 3 is 2.90 bits per heavy atom. The lowest BCUT2D eigenvalue weighted by Gasteiger charge is -2.15. The van der Waals surface area contributed by atoms with Crippen LogP contribution >= 0.6 is 0 Å². The van der Waals surface area contributed by atoms with Crippen LogP contribution in [0.1, 0.15) is 12.2 Å². The van der Waals surface area contributed by atoms with Crippen LogP contribution in [0, 0.1) is 0 Å². The molecule has 1 N–H and O–H groups in total. The monoisotopic (exact) mass is 278 g/mol. The normalized spacial score (nSPS) is 11.4. The highest BCUT2D eigenvalue weighted by Crippen LogP contribution is 2.19. The van der Waals surface area contributed by atoms with E-state index in [2.05, 4.69) is 32.3 Å². The first-order chi connectivity index (χ1) is 9.65. The molecule has 0 fully saturated rings. The van der Waals surface area contributed by atoms with Crippen molar-refractivity contribution in [2.45, 2.75) is 13.0 Å². The molecule has 0 spiro atoms. The predicted molar refractivity (Wildman–Crippen MR) is 78.7 cm³/mol. The SMILES string of the molecule is CNc1nc(CN(C)CCCOC)nc2c1cnn2C. The molecule has 0 saturated heterocycles. The van der Waals surface area contributed by atoms with Crippen molar-refractivity contribution in [1.82, 2.24) is 24.6 Å². The molecule has 0 aromatic carbocycles. The van der Waals surface area contributed by atoms with Gasteiger partial charge in [0.15, 0.2) is 5.65 Å². The first kappa shape index (κ1) is 14.7. The summed E-state index contributed by atoms with van der Waals surface area (Å²) in [7, 11) is 7.53. The number of methoxy groups -OCH3 is 1. The van der Waals surface area contributed by atoms with Crippen molar-refractivity contribution in [3.63, 3.8) is 0 Å².